The molecule has 0 aliphatic heterocycles. The third kappa shape index (κ3) is 6.58. The number of nitriles is 1. The molecule has 0 aliphatic carbocycles. The monoisotopic (exact) mass is 412 g/mol. The molecule has 1 heterocycles. The fourth-order valence-electron chi connectivity index (χ4n) is 2.62. The smallest absolute Gasteiger partial charge is 0.336 e. The van der Waals surface area contributed by atoms with E-state index in [0.29, 0.717) is 17.1 Å². The van der Waals surface area contributed by atoms with E-state index in [0.717, 1.165) is 11.1 Å². The van der Waals surface area contributed by atoms with Crippen LogP contribution in [0.25, 0.3) is 12.2 Å². The number of benzene rings is 2. The van der Waals surface area contributed by atoms with Crippen LogP contribution in [-0.4, -0.2) is 11.9 Å². The van der Waals surface area contributed by atoms with Crippen molar-refractivity contribution in [1.29, 1.82) is 5.26 Å². The Morgan fingerprint density at radius 1 is 1.06 bits per heavy atom. The molecule has 154 valence electrons. The van der Waals surface area contributed by atoms with Crippen LogP contribution < -0.4 is 10.1 Å². The first-order chi connectivity index (χ1) is 15.0. The molecule has 3 rings (SSSR count). The van der Waals surface area contributed by atoms with Gasteiger partial charge in [0.2, 0.25) is 0 Å². The summed E-state index contributed by atoms with van der Waals surface area (Å²) in [6.45, 7) is 2.18. The lowest BCUT2D eigenvalue weighted by atomic mass is 10.1. The van der Waals surface area contributed by atoms with E-state index in [2.05, 4.69) is 5.32 Å². The lowest BCUT2D eigenvalue weighted by Gasteiger charge is -2.04. The van der Waals surface area contributed by atoms with Gasteiger partial charge >= 0.3 is 5.97 Å². The van der Waals surface area contributed by atoms with Crippen molar-refractivity contribution in [2.75, 3.05) is 0 Å². The second kappa shape index (κ2) is 10.4. The first kappa shape index (κ1) is 21.3. The standard InChI is InChI=1S/C25H20N2O4/c1-18-4-6-19(7-5-18)10-13-24(28)31-22-11-8-20(9-12-22)15-21(16-26)25(29)27-17-23-3-2-14-30-23/h2-15H,17H2,1H3,(H,27,29)/b13-10+,21-15+. The number of hydrogen-bond acceptors (Lipinski definition) is 5. The molecule has 0 bridgehead atoms. The average molecular weight is 412 g/mol. The van der Waals surface area contributed by atoms with E-state index in [1.54, 1.807) is 42.5 Å². The second-order valence-corrected chi connectivity index (χ2v) is 6.67. The molecule has 0 saturated heterocycles. The van der Waals surface area contributed by atoms with Crippen molar-refractivity contribution in [2.45, 2.75) is 13.5 Å². The molecule has 31 heavy (non-hydrogen) atoms. The van der Waals surface area contributed by atoms with Crippen molar-refractivity contribution >= 4 is 24.0 Å². The largest absolute Gasteiger partial charge is 0.467 e. The molecule has 0 unspecified atom stereocenters. The van der Waals surface area contributed by atoms with E-state index in [-0.39, 0.29) is 12.1 Å². The minimum absolute atomic E-state index is 0.0441. The van der Waals surface area contributed by atoms with E-state index in [1.165, 1.54) is 18.4 Å². The Labute approximate surface area is 180 Å². The molecule has 0 radical (unpaired) electrons. The minimum atomic E-state index is -0.504. The van der Waals surface area contributed by atoms with Crippen molar-refractivity contribution in [2.24, 2.45) is 0 Å². The second-order valence-electron chi connectivity index (χ2n) is 6.67. The maximum absolute atomic E-state index is 12.2. The summed E-state index contributed by atoms with van der Waals surface area (Å²) in [5, 5.41) is 11.9. The van der Waals surface area contributed by atoms with Gasteiger partial charge in [-0.3, -0.25) is 4.79 Å². The molecule has 0 aliphatic rings. The Morgan fingerprint density at radius 2 is 1.77 bits per heavy atom. The van der Waals surface area contributed by atoms with Crippen LogP contribution in [0.2, 0.25) is 0 Å². The Morgan fingerprint density at radius 3 is 2.42 bits per heavy atom. The molecular formula is C25H20N2O4. The summed E-state index contributed by atoms with van der Waals surface area (Å²) in [6.07, 6.45) is 6.00. The third-order valence-corrected chi connectivity index (χ3v) is 4.27. The van der Waals surface area contributed by atoms with Crippen LogP contribution in [0.5, 0.6) is 5.75 Å². The third-order valence-electron chi connectivity index (χ3n) is 4.27. The van der Waals surface area contributed by atoms with Gasteiger partial charge in [-0.1, -0.05) is 42.0 Å². The molecule has 1 amide bonds. The van der Waals surface area contributed by atoms with E-state index in [9.17, 15) is 14.9 Å². The number of nitrogens with zero attached hydrogens (tertiary/aromatic N) is 1. The molecule has 6 nitrogen and oxygen atoms in total. The number of ether oxygens (including phenoxy) is 1. The summed E-state index contributed by atoms with van der Waals surface area (Å²) in [7, 11) is 0. The molecule has 0 atom stereocenters. The van der Waals surface area contributed by atoms with Crippen LogP contribution in [0.15, 0.2) is 83.0 Å². The highest BCUT2D eigenvalue weighted by Gasteiger charge is 2.10. The maximum Gasteiger partial charge on any atom is 0.336 e. The van der Waals surface area contributed by atoms with E-state index in [4.69, 9.17) is 9.15 Å². The van der Waals surface area contributed by atoms with Crippen LogP contribution in [0, 0.1) is 18.3 Å². The van der Waals surface area contributed by atoms with Gasteiger partial charge < -0.3 is 14.5 Å². The Hall–Kier alpha value is -4.37. The molecule has 6 heteroatoms. The zero-order valence-electron chi connectivity index (χ0n) is 16.9. The molecule has 0 spiro atoms. The normalized spacial score (nSPS) is 11.2. The molecule has 1 N–H and O–H groups in total. The lowest BCUT2D eigenvalue weighted by Crippen LogP contribution is -2.23. The summed E-state index contributed by atoms with van der Waals surface area (Å²) in [6, 6.07) is 19.6. The first-order valence-electron chi connectivity index (χ1n) is 9.52. The van der Waals surface area contributed by atoms with Gasteiger partial charge in [0, 0.05) is 6.08 Å². The predicted molar refractivity (Wildman–Crippen MR) is 116 cm³/mol. The number of amides is 1. The molecular weight excluding hydrogens is 392 g/mol. The quantitative estimate of drug-likeness (QED) is 0.268. The van der Waals surface area contributed by atoms with Crippen LogP contribution in [-0.2, 0) is 16.1 Å². The lowest BCUT2D eigenvalue weighted by molar-refractivity contribution is -0.128. The highest BCUT2D eigenvalue weighted by molar-refractivity contribution is 6.01. The number of hydrogen-bond donors (Lipinski definition) is 1. The highest BCUT2D eigenvalue weighted by Crippen LogP contribution is 2.15. The van der Waals surface area contributed by atoms with Gasteiger partial charge in [0.25, 0.3) is 5.91 Å². The van der Waals surface area contributed by atoms with Gasteiger partial charge in [-0.2, -0.15) is 5.26 Å². The molecule has 2 aromatic carbocycles. The van der Waals surface area contributed by atoms with Gasteiger partial charge in [0.1, 0.15) is 23.2 Å². The van der Waals surface area contributed by atoms with Gasteiger partial charge in [-0.05, 0) is 54.5 Å². The van der Waals surface area contributed by atoms with Crippen molar-refractivity contribution in [3.8, 4) is 11.8 Å². The minimum Gasteiger partial charge on any atom is -0.467 e. The Kier molecular flexibility index (Phi) is 7.17. The zero-order valence-corrected chi connectivity index (χ0v) is 16.9. The molecule has 3 aromatic rings. The van der Waals surface area contributed by atoms with Crippen LogP contribution in [0.4, 0.5) is 0 Å². The first-order valence-corrected chi connectivity index (χ1v) is 9.52. The van der Waals surface area contributed by atoms with Gasteiger partial charge in [0.15, 0.2) is 0 Å². The molecule has 1 aromatic heterocycles. The fraction of sp³-hybridized carbons (Fsp3) is 0.0800. The zero-order chi connectivity index (χ0) is 22.1. The number of aryl methyl sites for hydroxylation is 1. The summed E-state index contributed by atoms with van der Waals surface area (Å²) in [5.41, 5.74) is 2.62. The number of carbonyl (C=O) groups excluding carboxylic acids is 2. The van der Waals surface area contributed by atoms with Crippen molar-refractivity contribution < 1.29 is 18.7 Å². The number of carbonyl (C=O) groups is 2. The van der Waals surface area contributed by atoms with Gasteiger partial charge in [-0.25, -0.2) is 4.79 Å². The number of furan rings is 1. The van der Waals surface area contributed by atoms with E-state index in [1.807, 2.05) is 37.3 Å². The van der Waals surface area contributed by atoms with Gasteiger partial charge in [0.05, 0.1) is 12.8 Å². The number of rotatable bonds is 7. The SMILES string of the molecule is Cc1ccc(/C=C/C(=O)Oc2ccc(/C=C(\C#N)C(=O)NCc3ccco3)cc2)cc1. The van der Waals surface area contributed by atoms with E-state index < -0.39 is 11.9 Å². The molecule has 0 fully saturated rings. The van der Waals surface area contributed by atoms with Crippen molar-refractivity contribution in [3.05, 3.63) is 101 Å². The van der Waals surface area contributed by atoms with E-state index >= 15 is 0 Å². The number of esters is 1. The Bertz CT molecular complexity index is 1130. The summed E-state index contributed by atoms with van der Waals surface area (Å²) >= 11 is 0. The average Bonchev–Trinajstić information content (AvgIpc) is 3.30. The van der Waals surface area contributed by atoms with Crippen molar-refractivity contribution in [1.82, 2.24) is 5.32 Å². The molecule has 0 saturated carbocycles. The van der Waals surface area contributed by atoms with Crippen LogP contribution >= 0.6 is 0 Å². The summed E-state index contributed by atoms with van der Waals surface area (Å²) in [5.74, 6) is -0.0562. The summed E-state index contributed by atoms with van der Waals surface area (Å²) in [4.78, 5) is 24.2. The highest BCUT2D eigenvalue weighted by atomic mass is 16.5. The maximum atomic E-state index is 12.2. The number of nitrogens with one attached hydrogen (secondary N) is 1. The van der Waals surface area contributed by atoms with Gasteiger partial charge in [-0.15, -0.1) is 0 Å². The van der Waals surface area contributed by atoms with Crippen molar-refractivity contribution in [3.63, 3.8) is 0 Å². The Balaban J connectivity index is 1.57. The summed E-state index contributed by atoms with van der Waals surface area (Å²) < 4.78 is 10.4. The van der Waals surface area contributed by atoms with Crippen LogP contribution in [0.1, 0.15) is 22.5 Å². The van der Waals surface area contributed by atoms with Crippen LogP contribution in [0.3, 0.4) is 0 Å². The predicted octanol–water partition coefficient (Wildman–Crippen LogP) is 4.43. The fourth-order valence-corrected chi connectivity index (χ4v) is 2.62. The topological polar surface area (TPSA) is 92.3 Å².